The van der Waals surface area contributed by atoms with Crippen LogP contribution in [0.25, 0.3) is 0 Å². The van der Waals surface area contributed by atoms with Crippen molar-refractivity contribution in [1.29, 1.82) is 0 Å². The van der Waals surface area contributed by atoms with E-state index in [1.54, 1.807) is 35.5 Å². The van der Waals surface area contributed by atoms with Crippen molar-refractivity contribution >= 4 is 11.9 Å². The van der Waals surface area contributed by atoms with Crippen molar-refractivity contribution < 1.29 is 4.79 Å². The van der Waals surface area contributed by atoms with Gasteiger partial charge in [-0.3, -0.25) is 9.48 Å². The van der Waals surface area contributed by atoms with Crippen molar-refractivity contribution in [1.82, 2.24) is 25.1 Å². The van der Waals surface area contributed by atoms with Gasteiger partial charge in [0.05, 0.1) is 0 Å². The summed E-state index contributed by atoms with van der Waals surface area (Å²) in [4.78, 5) is 22.6. The summed E-state index contributed by atoms with van der Waals surface area (Å²) in [6, 6.07) is 3.74. The average Bonchev–Trinajstić information content (AvgIpc) is 3.01. The molecule has 1 saturated heterocycles. The minimum atomic E-state index is -0.0143. The zero-order valence-electron chi connectivity index (χ0n) is 11.7. The van der Waals surface area contributed by atoms with Gasteiger partial charge in [0, 0.05) is 43.9 Å². The summed E-state index contributed by atoms with van der Waals surface area (Å²) >= 11 is 0. The van der Waals surface area contributed by atoms with Gasteiger partial charge in [0.15, 0.2) is 0 Å². The van der Waals surface area contributed by atoms with Gasteiger partial charge in [-0.25, -0.2) is 9.97 Å². The fourth-order valence-electron chi connectivity index (χ4n) is 2.55. The molecule has 1 amide bonds. The molecule has 1 N–H and O–H groups in total. The molecule has 3 heterocycles. The third-order valence-corrected chi connectivity index (χ3v) is 3.49. The summed E-state index contributed by atoms with van der Waals surface area (Å²) in [6.07, 6.45) is 8.93. The summed E-state index contributed by atoms with van der Waals surface area (Å²) in [5.74, 6) is 0.711. The van der Waals surface area contributed by atoms with E-state index in [2.05, 4.69) is 25.3 Å². The fourth-order valence-corrected chi connectivity index (χ4v) is 2.55. The molecule has 0 unspecified atom stereocenters. The first kappa shape index (κ1) is 13.5. The highest BCUT2D eigenvalue weighted by Gasteiger charge is 2.22. The van der Waals surface area contributed by atoms with E-state index in [0.29, 0.717) is 0 Å². The molecule has 2 aromatic heterocycles. The van der Waals surface area contributed by atoms with Crippen LogP contribution in [0.2, 0.25) is 0 Å². The number of aromatic nitrogens is 4. The largest absolute Gasteiger partial charge is 0.350 e. The smallest absolute Gasteiger partial charge is 0.242 e. The molecular formula is C14H18N6O. The Kier molecular flexibility index (Phi) is 4.09. The van der Waals surface area contributed by atoms with Crippen LogP contribution in [0.5, 0.6) is 0 Å². The van der Waals surface area contributed by atoms with E-state index >= 15 is 0 Å². The summed E-state index contributed by atoms with van der Waals surface area (Å²) in [5, 5.41) is 7.10. The molecule has 0 saturated carbocycles. The number of anilines is 1. The van der Waals surface area contributed by atoms with Gasteiger partial charge < -0.3 is 10.2 Å². The Morgan fingerprint density at radius 1 is 1.29 bits per heavy atom. The molecule has 0 radical (unpaired) electrons. The van der Waals surface area contributed by atoms with Gasteiger partial charge in [-0.15, -0.1) is 0 Å². The minimum absolute atomic E-state index is 0.0143. The number of amides is 1. The third kappa shape index (κ3) is 3.56. The van der Waals surface area contributed by atoms with Crippen LogP contribution in [0.4, 0.5) is 5.95 Å². The first-order valence-corrected chi connectivity index (χ1v) is 7.10. The average molecular weight is 286 g/mol. The second-order valence-electron chi connectivity index (χ2n) is 5.11. The van der Waals surface area contributed by atoms with Crippen LogP contribution < -0.4 is 10.2 Å². The Morgan fingerprint density at radius 2 is 2.14 bits per heavy atom. The number of nitrogens with one attached hydrogen (secondary N) is 1. The second-order valence-corrected chi connectivity index (χ2v) is 5.11. The molecule has 0 spiro atoms. The maximum absolute atomic E-state index is 12.0. The van der Waals surface area contributed by atoms with E-state index in [4.69, 9.17) is 0 Å². The quantitative estimate of drug-likeness (QED) is 0.883. The molecule has 3 rings (SSSR count). The summed E-state index contributed by atoms with van der Waals surface area (Å²) in [5.41, 5.74) is 0. The summed E-state index contributed by atoms with van der Waals surface area (Å²) < 4.78 is 1.62. The highest BCUT2D eigenvalue weighted by molar-refractivity contribution is 5.76. The normalized spacial score (nSPS) is 18.5. The molecular weight excluding hydrogens is 268 g/mol. The molecule has 1 atom stereocenters. The van der Waals surface area contributed by atoms with Crippen LogP contribution in [-0.4, -0.2) is 44.8 Å². The lowest BCUT2D eigenvalue weighted by Crippen LogP contribution is -2.49. The lowest BCUT2D eigenvalue weighted by atomic mass is 10.1. The number of hydrogen-bond acceptors (Lipinski definition) is 5. The SMILES string of the molecule is O=C(Cn1cccn1)N[C@H]1CCCN(c2ncccn2)C1. The topological polar surface area (TPSA) is 75.9 Å². The van der Waals surface area contributed by atoms with Gasteiger partial charge in [-0.05, 0) is 25.0 Å². The Hall–Kier alpha value is -2.44. The van der Waals surface area contributed by atoms with E-state index in [-0.39, 0.29) is 18.5 Å². The molecule has 1 aliphatic heterocycles. The number of carbonyl (C=O) groups is 1. The van der Waals surface area contributed by atoms with Crippen LogP contribution in [-0.2, 0) is 11.3 Å². The predicted molar refractivity (Wildman–Crippen MR) is 77.6 cm³/mol. The Labute approximate surface area is 123 Å². The first-order chi connectivity index (χ1) is 10.3. The van der Waals surface area contributed by atoms with Gasteiger partial charge in [0.2, 0.25) is 11.9 Å². The maximum atomic E-state index is 12.0. The van der Waals surface area contributed by atoms with E-state index in [9.17, 15) is 4.79 Å². The van der Waals surface area contributed by atoms with Crippen molar-refractivity contribution in [2.75, 3.05) is 18.0 Å². The lowest BCUT2D eigenvalue weighted by Gasteiger charge is -2.33. The van der Waals surface area contributed by atoms with Crippen molar-refractivity contribution in [3.63, 3.8) is 0 Å². The van der Waals surface area contributed by atoms with Crippen molar-refractivity contribution in [3.05, 3.63) is 36.9 Å². The highest BCUT2D eigenvalue weighted by Crippen LogP contribution is 2.15. The van der Waals surface area contributed by atoms with E-state index in [1.165, 1.54) is 0 Å². The van der Waals surface area contributed by atoms with Crippen molar-refractivity contribution in [2.45, 2.75) is 25.4 Å². The molecule has 2 aromatic rings. The highest BCUT2D eigenvalue weighted by atomic mass is 16.2. The summed E-state index contributed by atoms with van der Waals surface area (Å²) in [7, 11) is 0. The standard InChI is InChI=1S/C14H18N6O/c21-13(11-20-9-3-7-17-20)18-12-4-1-8-19(10-12)14-15-5-2-6-16-14/h2-3,5-7,9,12H,1,4,8,10-11H2,(H,18,21)/t12-/m0/s1. The molecule has 21 heavy (non-hydrogen) atoms. The van der Waals surface area contributed by atoms with Crippen LogP contribution in [0.15, 0.2) is 36.9 Å². The van der Waals surface area contributed by atoms with Crippen LogP contribution in [0.3, 0.4) is 0 Å². The molecule has 0 bridgehead atoms. The molecule has 1 aliphatic rings. The van der Waals surface area contributed by atoms with Crippen LogP contribution in [0, 0.1) is 0 Å². The van der Waals surface area contributed by atoms with Gasteiger partial charge in [-0.1, -0.05) is 0 Å². The number of rotatable bonds is 4. The molecule has 1 fully saturated rings. The van der Waals surface area contributed by atoms with E-state index in [0.717, 1.165) is 31.9 Å². The monoisotopic (exact) mass is 286 g/mol. The van der Waals surface area contributed by atoms with Gasteiger partial charge >= 0.3 is 0 Å². The lowest BCUT2D eigenvalue weighted by molar-refractivity contribution is -0.122. The van der Waals surface area contributed by atoms with E-state index < -0.39 is 0 Å². The third-order valence-electron chi connectivity index (χ3n) is 3.49. The maximum Gasteiger partial charge on any atom is 0.242 e. The van der Waals surface area contributed by atoms with Crippen LogP contribution in [0.1, 0.15) is 12.8 Å². The van der Waals surface area contributed by atoms with Crippen molar-refractivity contribution in [3.8, 4) is 0 Å². The zero-order chi connectivity index (χ0) is 14.5. The predicted octanol–water partition coefficient (Wildman–Crippen LogP) is 0.458. The van der Waals surface area contributed by atoms with Gasteiger partial charge in [-0.2, -0.15) is 5.10 Å². The summed E-state index contributed by atoms with van der Waals surface area (Å²) in [6.45, 7) is 1.93. The van der Waals surface area contributed by atoms with Gasteiger partial charge in [0.25, 0.3) is 0 Å². The van der Waals surface area contributed by atoms with Gasteiger partial charge in [0.1, 0.15) is 6.54 Å². The van der Waals surface area contributed by atoms with Crippen molar-refractivity contribution in [2.24, 2.45) is 0 Å². The molecule has 110 valence electrons. The zero-order valence-corrected chi connectivity index (χ0v) is 11.7. The number of carbonyl (C=O) groups excluding carboxylic acids is 1. The molecule has 7 nitrogen and oxygen atoms in total. The Bertz CT molecular complexity index is 570. The Morgan fingerprint density at radius 3 is 2.90 bits per heavy atom. The van der Waals surface area contributed by atoms with Crippen LogP contribution >= 0.6 is 0 Å². The number of piperidine rings is 1. The molecule has 0 aromatic carbocycles. The molecule has 0 aliphatic carbocycles. The fraction of sp³-hybridized carbons (Fsp3) is 0.429. The molecule has 7 heteroatoms. The number of hydrogen-bond donors (Lipinski definition) is 1. The van der Waals surface area contributed by atoms with E-state index in [1.807, 2.05) is 6.07 Å². The first-order valence-electron chi connectivity index (χ1n) is 7.10. The minimum Gasteiger partial charge on any atom is -0.350 e. The Balaban J connectivity index is 1.55. The second kappa shape index (κ2) is 6.34. The number of nitrogens with zero attached hydrogens (tertiary/aromatic N) is 5.